The van der Waals surface area contributed by atoms with Crippen LogP contribution in [-0.4, -0.2) is 48.2 Å². The van der Waals surface area contributed by atoms with Crippen LogP contribution in [0.5, 0.6) is 0 Å². The molecule has 1 aliphatic heterocycles. The minimum Gasteiger partial charge on any atom is -0.361 e. The predicted molar refractivity (Wildman–Crippen MR) is 130 cm³/mol. The summed E-state index contributed by atoms with van der Waals surface area (Å²) in [4.78, 5) is 26.5. The highest BCUT2D eigenvalue weighted by Crippen LogP contribution is 2.30. The Morgan fingerprint density at radius 3 is 2.61 bits per heavy atom. The zero-order valence-corrected chi connectivity index (χ0v) is 18.8. The second-order valence-electron chi connectivity index (χ2n) is 8.41. The maximum Gasteiger partial charge on any atom is 0.255 e. The van der Waals surface area contributed by atoms with Gasteiger partial charge in [-0.2, -0.15) is 4.98 Å². The number of fused-ring (bicyclic) bond motifs is 1. The molecule has 0 radical (unpaired) electrons. The standard InChI is InChI=1S/C25H26N6O2/c1-30(2)23-21(16-26-25(28-23)31-13-7-4-8-14-31)27-24(32)18-11-12-20-19(15-18)22(33-29-20)17-9-5-3-6-10-17/h3,5-6,9-12,15-16H,4,7-8,13-14H2,1-2H3,(H,27,32). The molecule has 2 aromatic carbocycles. The number of anilines is 3. The summed E-state index contributed by atoms with van der Waals surface area (Å²) in [5.41, 5.74) is 2.69. The van der Waals surface area contributed by atoms with Gasteiger partial charge < -0.3 is 19.6 Å². The second kappa shape index (κ2) is 8.90. The Morgan fingerprint density at radius 1 is 1.06 bits per heavy atom. The van der Waals surface area contributed by atoms with Crippen molar-refractivity contribution in [1.82, 2.24) is 15.1 Å². The minimum absolute atomic E-state index is 0.241. The first kappa shape index (κ1) is 20.9. The average molecular weight is 443 g/mol. The van der Waals surface area contributed by atoms with Crippen molar-refractivity contribution in [1.29, 1.82) is 0 Å². The molecule has 0 atom stereocenters. The molecule has 0 bridgehead atoms. The van der Waals surface area contributed by atoms with Crippen molar-refractivity contribution < 1.29 is 9.32 Å². The molecule has 33 heavy (non-hydrogen) atoms. The molecule has 4 aromatic rings. The normalized spacial score (nSPS) is 13.8. The summed E-state index contributed by atoms with van der Waals surface area (Å²) < 4.78 is 5.56. The lowest BCUT2D eigenvalue weighted by atomic mass is 10.1. The number of carbonyl (C=O) groups excluding carboxylic acids is 1. The fraction of sp³-hybridized carbons (Fsp3) is 0.280. The molecule has 0 aliphatic carbocycles. The highest BCUT2D eigenvalue weighted by Gasteiger charge is 2.19. The molecule has 2 aromatic heterocycles. The minimum atomic E-state index is -0.241. The van der Waals surface area contributed by atoms with Gasteiger partial charge in [-0.15, -0.1) is 0 Å². The van der Waals surface area contributed by atoms with Crippen LogP contribution in [0.4, 0.5) is 17.5 Å². The van der Waals surface area contributed by atoms with Gasteiger partial charge in [-0.25, -0.2) is 4.98 Å². The lowest BCUT2D eigenvalue weighted by Crippen LogP contribution is -2.31. The van der Waals surface area contributed by atoms with E-state index < -0.39 is 0 Å². The van der Waals surface area contributed by atoms with Crippen molar-refractivity contribution in [3.63, 3.8) is 0 Å². The van der Waals surface area contributed by atoms with Gasteiger partial charge in [0, 0.05) is 38.3 Å². The van der Waals surface area contributed by atoms with Crippen LogP contribution in [0.25, 0.3) is 22.2 Å². The van der Waals surface area contributed by atoms with Gasteiger partial charge in [0.15, 0.2) is 11.6 Å². The average Bonchev–Trinajstić information content (AvgIpc) is 3.28. The molecule has 8 heteroatoms. The number of amides is 1. The van der Waals surface area contributed by atoms with Crippen LogP contribution in [0.2, 0.25) is 0 Å². The van der Waals surface area contributed by atoms with Gasteiger partial charge in [-0.05, 0) is 37.5 Å². The smallest absolute Gasteiger partial charge is 0.255 e. The van der Waals surface area contributed by atoms with Gasteiger partial charge >= 0.3 is 0 Å². The summed E-state index contributed by atoms with van der Waals surface area (Å²) in [6, 6.07) is 15.1. The first-order valence-electron chi connectivity index (χ1n) is 11.2. The van der Waals surface area contributed by atoms with Crippen LogP contribution in [0.15, 0.2) is 59.3 Å². The summed E-state index contributed by atoms with van der Waals surface area (Å²) in [6.07, 6.45) is 5.23. The summed E-state index contributed by atoms with van der Waals surface area (Å²) in [6.45, 7) is 1.92. The number of nitrogens with one attached hydrogen (secondary N) is 1. The predicted octanol–water partition coefficient (Wildman–Crippen LogP) is 4.59. The van der Waals surface area contributed by atoms with Crippen molar-refractivity contribution in [3.8, 4) is 11.3 Å². The molecule has 1 saturated heterocycles. The Morgan fingerprint density at radius 2 is 1.85 bits per heavy atom. The first-order valence-corrected chi connectivity index (χ1v) is 11.2. The van der Waals surface area contributed by atoms with Gasteiger partial charge in [0.05, 0.1) is 11.6 Å². The summed E-state index contributed by atoms with van der Waals surface area (Å²) in [7, 11) is 3.82. The molecule has 1 aliphatic rings. The third-order valence-electron chi connectivity index (χ3n) is 5.84. The van der Waals surface area contributed by atoms with E-state index in [1.807, 2.05) is 55.4 Å². The third-order valence-corrected chi connectivity index (χ3v) is 5.84. The van der Waals surface area contributed by atoms with E-state index in [1.54, 1.807) is 18.3 Å². The van der Waals surface area contributed by atoms with Crippen LogP contribution >= 0.6 is 0 Å². The van der Waals surface area contributed by atoms with Crippen LogP contribution in [0.1, 0.15) is 29.6 Å². The summed E-state index contributed by atoms with van der Waals surface area (Å²) in [5, 5.41) is 7.90. The fourth-order valence-electron chi connectivity index (χ4n) is 4.11. The van der Waals surface area contributed by atoms with E-state index in [-0.39, 0.29) is 5.91 Å². The molecule has 1 N–H and O–H groups in total. The zero-order chi connectivity index (χ0) is 22.8. The van der Waals surface area contributed by atoms with Crippen molar-refractivity contribution in [3.05, 3.63) is 60.3 Å². The topological polar surface area (TPSA) is 87.4 Å². The molecule has 1 amide bonds. The van der Waals surface area contributed by atoms with E-state index in [9.17, 15) is 4.79 Å². The van der Waals surface area contributed by atoms with Crippen LogP contribution in [0.3, 0.4) is 0 Å². The Kier molecular flexibility index (Phi) is 5.64. The van der Waals surface area contributed by atoms with E-state index in [2.05, 4.69) is 20.4 Å². The Hall–Kier alpha value is -3.94. The number of hydrogen-bond acceptors (Lipinski definition) is 7. The van der Waals surface area contributed by atoms with E-state index in [0.717, 1.165) is 36.9 Å². The molecular formula is C25H26N6O2. The maximum absolute atomic E-state index is 13.1. The molecule has 5 rings (SSSR count). The summed E-state index contributed by atoms with van der Waals surface area (Å²) in [5.74, 6) is 1.78. The van der Waals surface area contributed by atoms with Crippen molar-refractivity contribution in [2.45, 2.75) is 19.3 Å². The number of rotatable bonds is 5. The Bertz CT molecular complexity index is 1280. The molecule has 0 saturated carbocycles. The quantitative estimate of drug-likeness (QED) is 0.483. The van der Waals surface area contributed by atoms with E-state index in [0.29, 0.717) is 34.3 Å². The molecule has 3 heterocycles. The Labute approximate surface area is 192 Å². The number of carbonyl (C=O) groups is 1. The first-order chi connectivity index (χ1) is 16.1. The molecule has 0 spiro atoms. The van der Waals surface area contributed by atoms with Crippen LogP contribution in [0, 0.1) is 0 Å². The maximum atomic E-state index is 13.1. The molecular weight excluding hydrogens is 416 g/mol. The largest absolute Gasteiger partial charge is 0.361 e. The van der Waals surface area contributed by atoms with Crippen molar-refractivity contribution in [2.24, 2.45) is 0 Å². The van der Waals surface area contributed by atoms with Gasteiger partial charge in [-0.1, -0.05) is 35.5 Å². The lowest BCUT2D eigenvalue weighted by Gasteiger charge is -2.28. The van der Waals surface area contributed by atoms with Gasteiger partial charge in [0.25, 0.3) is 5.91 Å². The number of piperidine rings is 1. The number of benzene rings is 2. The zero-order valence-electron chi connectivity index (χ0n) is 18.8. The SMILES string of the molecule is CN(C)c1nc(N2CCCCC2)ncc1NC(=O)c1ccc2noc(-c3ccccc3)c2c1. The highest BCUT2D eigenvalue weighted by molar-refractivity contribution is 6.08. The third kappa shape index (κ3) is 4.24. The van der Waals surface area contributed by atoms with Gasteiger partial charge in [-0.3, -0.25) is 4.79 Å². The van der Waals surface area contributed by atoms with Gasteiger partial charge in [0.1, 0.15) is 11.2 Å². The highest BCUT2D eigenvalue weighted by atomic mass is 16.5. The molecule has 168 valence electrons. The van der Waals surface area contributed by atoms with Crippen LogP contribution < -0.4 is 15.1 Å². The number of nitrogens with zero attached hydrogens (tertiary/aromatic N) is 5. The lowest BCUT2D eigenvalue weighted by molar-refractivity contribution is 0.102. The number of hydrogen-bond donors (Lipinski definition) is 1. The Balaban J connectivity index is 1.43. The summed E-state index contributed by atoms with van der Waals surface area (Å²) >= 11 is 0. The molecule has 0 unspecified atom stereocenters. The molecule has 1 fully saturated rings. The van der Waals surface area contributed by atoms with Gasteiger partial charge in [0.2, 0.25) is 5.95 Å². The van der Waals surface area contributed by atoms with Crippen molar-refractivity contribution in [2.75, 3.05) is 42.3 Å². The number of aromatic nitrogens is 3. The van der Waals surface area contributed by atoms with Crippen LogP contribution in [-0.2, 0) is 0 Å². The fourth-order valence-corrected chi connectivity index (χ4v) is 4.11. The molecule has 8 nitrogen and oxygen atoms in total. The van der Waals surface area contributed by atoms with Crippen molar-refractivity contribution >= 4 is 34.3 Å². The second-order valence-corrected chi connectivity index (χ2v) is 8.41. The van der Waals surface area contributed by atoms with E-state index in [1.165, 1.54) is 6.42 Å². The van der Waals surface area contributed by atoms with E-state index >= 15 is 0 Å². The monoisotopic (exact) mass is 442 g/mol. The van der Waals surface area contributed by atoms with E-state index in [4.69, 9.17) is 9.51 Å².